The van der Waals surface area contributed by atoms with Gasteiger partial charge in [-0.25, -0.2) is 13.4 Å². The van der Waals surface area contributed by atoms with E-state index >= 15 is 0 Å². The fourth-order valence-corrected chi connectivity index (χ4v) is 3.75. The van der Waals surface area contributed by atoms with Gasteiger partial charge in [0.1, 0.15) is 10.0 Å². The van der Waals surface area contributed by atoms with E-state index in [2.05, 4.69) is 4.98 Å². The fraction of sp³-hybridized carbons (Fsp3) is 0.0833. The van der Waals surface area contributed by atoms with Crippen molar-refractivity contribution >= 4 is 38.7 Å². The van der Waals surface area contributed by atoms with Gasteiger partial charge in [-0.05, 0) is 12.1 Å². The van der Waals surface area contributed by atoms with Crippen molar-refractivity contribution in [3.05, 3.63) is 62.4 Å². The summed E-state index contributed by atoms with van der Waals surface area (Å²) in [4.78, 5) is 13.6. The van der Waals surface area contributed by atoms with E-state index in [0.29, 0.717) is 0 Å². The average molecular weight is 347 g/mol. The molecular weight excluding hydrogens is 339 g/mol. The summed E-state index contributed by atoms with van der Waals surface area (Å²) in [5.41, 5.74) is -0.255. The number of aromatic nitrogens is 1. The lowest BCUT2D eigenvalue weighted by molar-refractivity contribution is -0.387. The van der Waals surface area contributed by atoms with Crippen molar-refractivity contribution in [3.63, 3.8) is 0 Å². The molecule has 1 aromatic carbocycles. The molecule has 2 aromatic rings. The minimum Gasteiger partial charge on any atom is -0.258 e. The van der Waals surface area contributed by atoms with Crippen LogP contribution in [0.25, 0.3) is 0 Å². The molecule has 0 bridgehead atoms. The molecular formula is C12H8Cl2N2O4S. The Hall–Kier alpha value is -1.70. The van der Waals surface area contributed by atoms with Crippen LogP contribution in [0.4, 0.5) is 5.69 Å². The van der Waals surface area contributed by atoms with Crippen LogP contribution < -0.4 is 0 Å². The Balaban J connectivity index is 2.46. The summed E-state index contributed by atoms with van der Waals surface area (Å²) in [5, 5.41) is 11.2. The van der Waals surface area contributed by atoms with Crippen molar-refractivity contribution in [2.24, 2.45) is 0 Å². The summed E-state index contributed by atoms with van der Waals surface area (Å²) in [6, 6.07) is 6.45. The molecule has 0 aliphatic heterocycles. The third-order valence-electron chi connectivity index (χ3n) is 2.64. The van der Waals surface area contributed by atoms with Gasteiger partial charge in [0.15, 0.2) is 9.84 Å². The molecule has 0 fully saturated rings. The molecule has 0 spiro atoms. The van der Waals surface area contributed by atoms with E-state index in [1.807, 2.05) is 0 Å². The monoisotopic (exact) mass is 346 g/mol. The van der Waals surface area contributed by atoms with Gasteiger partial charge >= 0.3 is 0 Å². The van der Waals surface area contributed by atoms with Gasteiger partial charge < -0.3 is 0 Å². The molecule has 0 N–H and O–H groups in total. The van der Waals surface area contributed by atoms with E-state index in [0.717, 1.165) is 6.07 Å². The third-order valence-corrected chi connectivity index (χ3v) is 4.90. The van der Waals surface area contributed by atoms with Gasteiger partial charge in [0.25, 0.3) is 5.69 Å². The summed E-state index contributed by atoms with van der Waals surface area (Å²) in [7, 11) is -3.93. The van der Waals surface area contributed by atoms with Gasteiger partial charge in [-0.15, -0.1) is 0 Å². The molecule has 0 saturated carbocycles. The molecule has 1 aromatic heterocycles. The van der Waals surface area contributed by atoms with Crippen molar-refractivity contribution in [2.75, 3.05) is 0 Å². The van der Waals surface area contributed by atoms with Gasteiger partial charge in [-0.1, -0.05) is 35.3 Å². The number of halogens is 2. The van der Waals surface area contributed by atoms with Crippen LogP contribution in [0, 0.1) is 10.1 Å². The highest BCUT2D eigenvalue weighted by atomic mass is 35.5. The molecule has 0 aliphatic rings. The van der Waals surface area contributed by atoms with E-state index in [9.17, 15) is 18.5 Å². The molecule has 0 unspecified atom stereocenters. The smallest absolute Gasteiger partial charge is 0.258 e. The number of nitrogens with zero attached hydrogens (tertiary/aromatic N) is 2. The maximum atomic E-state index is 12.3. The second-order valence-corrected chi connectivity index (χ2v) is 6.83. The highest BCUT2D eigenvalue weighted by Gasteiger charge is 2.26. The quantitative estimate of drug-likeness (QED) is 0.481. The number of hydrogen-bond donors (Lipinski definition) is 0. The van der Waals surface area contributed by atoms with Gasteiger partial charge in [0.05, 0.1) is 10.7 Å². The first-order valence-electron chi connectivity index (χ1n) is 5.57. The van der Waals surface area contributed by atoms with Crippen LogP contribution >= 0.6 is 23.2 Å². The highest BCUT2D eigenvalue weighted by Crippen LogP contribution is 2.28. The van der Waals surface area contributed by atoms with Crippen molar-refractivity contribution < 1.29 is 13.3 Å². The zero-order chi connectivity index (χ0) is 15.6. The first-order chi connectivity index (χ1) is 9.81. The molecule has 0 radical (unpaired) electrons. The van der Waals surface area contributed by atoms with Crippen molar-refractivity contribution in [2.45, 2.75) is 10.6 Å². The Morgan fingerprint density at radius 2 is 1.90 bits per heavy atom. The zero-order valence-electron chi connectivity index (χ0n) is 10.4. The van der Waals surface area contributed by atoms with Crippen LogP contribution in [0.5, 0.6) is 0 Å². The second-order valence-electron chi connectivity index (χ2n) is 4.08. The molecule has 1 heterocycles. The molecule has 9 heteroatoms. The number of rotatable bonds is 4. The van der Waals surface area contributed by atoms with Crippen molar-refractivity contribution in [1.29, 1.82) is 0 Å². The minimum atomic E-state index is -3.93. The first kappa shape index (κ1) is 15.7. The summed E-state index contributed by atoms with van der Waals surface area (Å²) < 4.78 is 24.7. The SMILES string of the molecule is O=[N+]([O-])c1ccccc1S(=O)(=O)Cc1cnc(Cl)cc1Cl. The van der Waals surface area contributed by atoms with E-state index < -0.39 is 26.2 Å². The van der Waals surface area contributed by atoms with E-state index in [1.54, 1.807) is 0 Å². The van der Waals surface area contributed by atoms with Gasteiger partial charge in [0, 0.05) is 22.8 Å². The lowest BCUT2D eigenvalue weighted by atomic mass is 10.3. The predicted octanol–water partition coefficient (Wildman–Crippen LogP) is 3.27. The fourth-order valence-electron chi connectivity index (χ4n) is 1.70. The third kappa shape index (κ3) is 3.49. The molecule has 110 valence electrons. The van der Waals surface area contributed by atoms with E-state index in [4.69, 9.17) is 23.2 Å². The Kier molecular flexibility index (Phi) is 4.46. The minimum absolute atomic E-state index is 0.131. The van der Waals surface area contributed by atoms with Crippen LogP contribution in [0.1, 0.15) is 5.56 Å². The van der Waals surface area contributed by atoms with Gasteiger partial charge in [0.2, 0.25) is 0 Å². The Labute approximate surface area is 130 Å². The normalized spacial score (nSPS) is 11.3. The topological polar surface area (TPSA) is 90.2 Å². The Bertz CT molecular complexity index is 809. The summed E-state index contributed by atoms with van der Waals surface area (Å²) in [6.45, 7) is 0. The number of nitro groups is 1. The van der Waals surface area contributed by atoms with E-state index in [1.165, 1.54) is 30.5 Å². The number of pyridine rings is 1. The number of para-hydroxylation sites is 1. The first-order valence-corrected chi connectivity index (χ1v) is 7.98. The molecule has 0 amide bonds. The Morgan fingerprint density at radius 1 is 1.24 bits per heavy atom. The van der Waals surface area contributed by atoms with Gasteiger partial charge in [-0.2, -0.15) is 0 Å². The summed E-state index contributed by atoms with van der Waals surface area (Å²) in [6.07, 6.45) is 1.23. The van der Waals surface area contributed by atoms with E-state index in [-0.39, 0.29) is 20.6 Å². The number of benzene rings is 1. The number of hydrogen-bond acceptors (Lipinski definition) is 5. The van der Waals surface area contributed by atoms with Crippen molar-refractivity contribution in [3.8, 4) is 0 Å². The summed E-state index contributed by atoms with van der Waals surface area (Å²) >= 11 is 11.5. The molecule has 0 saturated heterocycles. The molecule has 6 nitrogen and oxygen atoms in total. The lowest BCUT2D eigenvalue weighted by Crippen LogP contribution is -2.08. The van der Waals surface area contributed by atoms with Crippen LogP contribution in [-0.4, -0.2) is 18.3 Å². The number of sulfone groups is 1. The van der Waals surface area contributed by atoms with Crippen LogP contribution in [0.3, 0.4) is 0 Å². The van der Waals surface area contributed by atoms with Gasteiger partial charge in [-0.3, -0.25) is 10.1 Å². The predicted molar refractivity (Wildman–Crippen MR) is 78.2 cm³/mol. The summed E-state index contributed by atoms with van der Waals surface area (Å²) in [5.74, 6) is -0.499. The maximum Gasteiger partial charge on any atom is 0.287 e. The van der Waals surface area contributed by atoms with Crippen LogP contribution in [0.2, 0.25) is 10.2 Å². The number of nitro benzene ring substituents is 1. The molecule has 0 aliphatic carbocycles. The van der Waals surface area contributed by atoms with Crippen molar-refractivity contribution in [1.82, 2.24) is 4.98 Å². The lowest BCUT2D eigenvalue weighted by Gasteiger charge is -2.07. The highest BCUT2D eigenvalue weighted by molar-refractivity contribution is 7.90. The standard InChI is InChI=1S/C12H8Cl2N2O4S/c13-9-5-12(14)15-6-8(9)7-21(19,20)11-4-2-1-3-10(11)16(17)18/h1-6H,7H2. The van der Waals surface area contributed by atoms with Crippen LogP contribution in [-0.2, 0) is 15.6 Å². The second kappa shape index (κ2) is 5.97. The molecule has 0 atom stereocenters. The zero-order valence-corrected chi connectivity index (χ0v) is 12.7. The largest absolute Gasteiger partial charge is 0.287 e. The average Bonchev–Trinajstić information content (AvgIpc) is 2.42. The Morgan fingerprint density at radius 3 is 2.52 bits per heavy atom. The molecule has 21 heavy (non-hydrogen) atoms. The maximum absolute atomic E-state index is 12.3. The molecule has 2 rings (SSSR count). The van der Waals surface area contributed by atoms with Crippen LogP contribution in [0.15, 0.2) is 41.4 Å².